The molecule has 0 radical (unpaired) electrons. The molecule has 2 N–H and O–H groups in total. The van der Waals surface area contributed by atoms with Crippen LogP contribution in [-0.4, -0.2) is 27.9 Å². The maximum atomic E-state index is 11.2. The number of nitro benzene ring substituents is 1. The van der Waals surface area contributed by atoms with Gasteiger partial charge >= 0.3 is 0 Å². The number of nitro groups is 1. The van der Waals surface area contributed by atoms with Crippen LogP contribution in [0.5, 0.6) is 5.75 Å². The Morgan fingerprint density at radius 3 is 2.64 bits per heavy atom. The molecule has 1 aromatic heterocycles. The number of aryl methyl sites for hydroxylation is 1. The molecule has 0 amide bonds. The molecule has 0 bridgehead atoms. The van der Waals surface area contributed by atoms with E-state index in [1.807, 2.05) is 31.2 Å². The number of methoxy groups -OCH3 is 1. The van der Waals surface area contributed by atoms with Gasteiger partial charge in [-0.05, 0) is 31.2 Å². The van der Waals surface area contributed by atoms with E-state index in [1.165, 1.54) is 17.0 Å². The predicted molar refractivity (Wildman–Crippen MR) is 95.4 cm³/mol. The van der Waals surface area contributed by atoms with Crippen molar-refractivity contribution in [2.75, 3.05) is 7.11 Å². The van der Waals surface area contributed by atoms with Gasteiger partial charge in [0.15, 0.2) is 0 Å². The van der Waals surface area contributed by atoms with E-state index in [2.05, 4.69) is 4.98 Å². The van der Waals surface area contributed by atoms with Gasteiger partial charge in [-0.15, -0.1) is 0 Å². The van der Waals surface area contributed by atoms with Crippen molar-refractivity contribution in [3.05, 3.63) is 69.9 Å². The molecule has 0 aliphatic carbocycles. The van der Waals surface area contributed by atoms with Gasteiger partial charge in [0, 0.05) is 17.8 Å². The fourth-order valence-corrected chi connectivity index (χ4v) is 2.64. The second-order valence-electron chi connectivity index (χ2n) is 5.52. The van der Waals surface area contributed by atoms with Crippen molar-refractivity contribution in [1.29, 1.82) is 0 Å². The number of ether oxygens (including phenoxy) is 1. The average Bonchev–Trinajstić information content (AvgIpc) is 2.60. The first-order valence-corrected chi connectivity index (χ1v) is 7.57. The molecule has 0 aliphatic rings. The molecule has 7 nitrogen and oxygen atoms in total. The van der Waals surface area contributed by atoms with Gasteiger partial charge in [-0.3, -0.25) is 15.1 Å². The van der Waals surface area contributed by atoms with Gasteiger partial charge < -0.3 is 4.74 Å². The fourth-order valence-electron chi connectivity index (χ4n) is 2.64. The highest BCUT2D eigenvalue weighted by Crippen LogP contribution is 2.28. The minimum Gasteiger partial charge on any atom is -0.497 e. The quantitative estimate of drug-likeness (QED) is 0.259. The summed E-state index contributed by atoms with van der Waals surface area (Å²) in [6.07, 6.45) is 1.53. The molecule has 25 heavy (non-hydrogen) atoms. The van der Waals surface area contributed by atoms with Crippen LogP contribution in [0.15, 0.2) is 48.5 Å². The van der Waals surface area contributed by atoms with Crippen LogP contribution in [0.4, 0.5) is 11.4 Å². The molecule has 0 unspecified atom stereocenters. The monoisotopic (exact) mass is 337 g/mol. The number of nitrogens with two attached hydrogens (primary N) is 1. The fraction of sp³-hybridized carbons (Fsp3) is 0.111. The van der Waals surface area contributed by atoms with E-state index in [-0.39, 0.29) is 5.69 Å². The maximum Gasteiger partial charge on any atom is 0.282 e. The first-order valence-electron chi connectivity index (χ1n) is 7.57. The lowest BCUT2D eigenvalue weighted by atomic mass is 10.1. The van der Waals surface area contributed by atoms with Crippen LogP contribution in [0.1, 0.15) is 11.3 Å². The third kappa shape index (κ3) is 3.25. The first-order chi connectivity index (χ1) is 12.0. The van der Waals surface area contributed by atoms with E-state index in [9.17, 15) is 10.1 Å². The van der Waals surface area contributed by atoms with E-state index in [1.54, 1.807) is 25.3 Å². The lowest BCUT2D eigenvalue weighted by Crippen LogP contribution is -2.17. The van der Waals surface area contributed by atoms with Crippen molar-refractivity contribution in [3.63, 3.8) is 0 Å². The van der Waals surface area contributed by atoms with E-state index in [0.717, 1.165) is 16.6 Å². The molecule has 3 rings (SSSR count). The Hall–Kier alpha value is -3.48. The van der Waals surface area contributed by atoms with E-state index < -0.39 is 4.92 Å². The van der Waals surface area contributed by atoms with Crippen LogP contribution in [0.3, 0.4) is 0 Å². The second kappa shape index (κ2) is 6.56. The summed E-state index contributed by atoms with van der Waals surface area (Å²) in [5, 5.41) is 12.0. The SMILES string of the molecule is COc1ccc2nc(C)cc(/[N+](N)=C\c3ccccc3[N+](=O)[O-])c2c1. The lowest BCUT2D eigenvalue weighted by molar-refractivity contribution is -0.445. The van der Waals surface area contributed by atoms with Crippen molar-refractivity contribution in [1.82, 2.24) is 4.98 Å². The molecule has 3 aromatic rings. The molecule has 1 heterocycles. The summed E-state index contributed by atoms with van der Waals surface area (Å²) >= 11 is 0. The number of benzene rings is 2. The van der Waals surface area contributed by atoms with Gasteiger partial charge in [0.25, 0.3) is 5.69 Å². The number of hydrogen-bond donors (Lipinski definition) is 1. The Kier molecular flexibility index (Phi) is 4.30. The van der Waals surface area contributed by atoms with Gasteiger partial charge in [0.2, 0.25) is 11.9 Å². The Morgan fingerprint density at radius 2 is 1.92 bits per heavy atom. The van der Waals surface area contributed by atoms with Gasteiger partial charge in [0.1, 0.15) is 11.3 Å². The summed E-state index contributed by atoms with van der Waals surface area (Å²) in [5.74, 6) is 6.89. The highest BCUT2D eigenvalue weighted by Gasteiger charge is 2.18. The number of hydrazone groups is 1. The van der Waals surface area contributed by atoms with Crippen LogP contribution in [-0.2, 0) is 0 Å². The minimum atomic E-state index is -0.432. The zero-order valence-corrected chi connectivity index (χ0v) is 13.8. The van der Waals surface area contributed by atoms with Crippen molar-refractivity contribution in [2.45, 2.75) is 6.92 Å². The smallest absolute Gasteiger partial charge is 0.282 e. The Morgan fingerprint density at radius 1 is 1.16 bits per heavy atom. The van der Waals surface area contributed by atoms with E-state index >= 15 is 0 Å². The predicted octanol–water partition coefficient (Wildman–Crippen LogP) is 3.10. The Balaban J connectivity index is 2.20. The summed E-state index contributed by atoms with van der Waals surface area (Å²) in [5.41, 5.74) is 2.65. The molecule has 0 atom stereocenters. The summed E-state index contributed by atoms with van der Waals surface area (Å²) in [6, 6.07) is 13.8. The molecule has 7 heteroatoms. The molecular weight excluding hydrogens is 320 g/mol. The third-order valence-electron chi connectivity index (χ3n) is 3.81. The van der Waals surface area contributed by atoms with Gasteiger partial charge in [-0.2, -0.15) is 0 Å². The molecule has 0 spiro atoms. The third-order valence-corrected chi connectivity index (χ3v) is 3.81. The zero-order valence-electron chi connectivity index (χ0n) is 13.8. The number of nitrogens with zero attached hydrogens (tertiary/aromatic N) is 3. The van der Waals surface area contributed by atoms with Crippen molar-refractivity contribution >= 4 is 28.5 Å². The van der Waals surface area contributed by atoms with Crippen LogP contribution in [0.25, 0.3) is 10.9 Å². The zero-order chi connectivity index (χ0) is 18.0. The Bertz CT molecular complexity index is 999. The van der Waals surface area contributed by atoms with Gasteiger partial charge in [0.05, 0.1) is 22.9 Å². The van der Waals surface area contributed by atoms with E-state index in [0.29, 0.717) is 17.0 Å². The first kappa shape index (κ1) is 16.4. The number of para-hydroxylation sites is 1. The molecule has 126 valence electrons. The highest BCUT2D eigenvalue weighted by atomic mass is 16.6. The van der Waals surface area contributed by atoms with Crippen molar-refractivity contribution in [3.8, 4) is 5.75 Å². The summed E-state index contributed by atoms with van der Waals surface area (Å²) in [4.78, 5) is 15.2. The summed E-state index contributed by atoms with van der Waals surface area (Å²) in [6.45, 7) is 1.87. The summed E-state index contributed by atoms with van der Waals surface area (Å²) < 4.78 is 6.64. The molecule has 2 aromatic carbocycles. The largest absolute Gasteiger partial charge is 0.497 e. The molecule has 0 fully saturated rings. The topological polar surface area (TPSA) is 94.3 Å². The highest BCUT2D eigenvalue weighted by molar-refractivity contribution is 5.91. The summed E-state index contributed by atoms with van der Waals surface area (Å²) in [7, 11) is 1.59. The normalized spacial score (nSPS) is 11.5. The van der Waals surface area contributed by atoms with Gasteiger partial charge in [-0.25, -0.2) is 5.84 Å². The number of hydrazine groups is 1. The number of fused-ring (bicyclic) bond motifs is 1. The average molecular weight is 337 g/mol. The van der Waals surface area contributed by atoms with Crippen molar-refractivity contribution < 1.29 is 14.3 Å². The maximum absolute atomic E-state index is 11.2. The van der Waals surface area contributed by atoms with Crippen LogP contribution >= 0.6 is 0 Å². The molecule has 0 saturated heterocycles. The number of rotatable bonds is 4. The lowest BCUT2D eigenvalue weighted by Gasteiger charge is -2.05. The van der Waals surface area contributed by atoms with Gasteiger partial charge in [-0.1, -0.05) is 16.8 Å². The van der Waals surface area contributed by atoms with Crippen LogP contribution < -0.4 is 10.6 Å². The van der Waals surface area contributed by atoms with Crippen LogP contribution in [0, 0.1) is 17.0 Å². The molecular formula is C18H17N4O3+. The standard InChI is InChI=1S/C18H17N4O3/c1-12-9-18(15-10-14(25-2)7-8-16(15)20-12)21(19)11-13-5-3-4-6-17(13)22(23)24/h3-11H,19H2,1-2H3/q+1/b21-11+. The second-order valence-corrected chi connectivity index (χ2v) is 5.52. The number of hydrogen-bond acceptors (Lipinski definition) is 5. The minimum absolute atomic E-state index is 0.00869. The van der Waals surface area contributed by atoms with Crippen molar-refractivity contribution in [2.24, 2.45) is 5.84 Å². The van der Waals surface area contributed by atoms with E-state index in [4.69, 9.17) is 10.6 Å². The number of pyridine rings is 1. The molecule has 0 saturated carbocycles. The Labute approximate surface area is 144 Å². The van der Waals surface area contributed by atoms with Crippen LogP contribution in [0.2, 0.25) is 0 Å². The molecule has 0 aliphatic heterocycles. The number of aromatic nitrogens is 1.